The van der Waals surface area contributed by atoms with Crippen LogP contribution in [0.15, 0.2) is 53.9 Å². The predicted octanol–water partition coefficient (Wildman–Crippen LogP) is 3.33. The molecule has 1 heterocycles. The molecule has 0 unspecified atom stereocenters. The Labute approximate surface area is 177 Å². The van der Waals surface area contributed by atoms with Gasteiger partial charge in [-0.1, -0.05) is 35.5 Å². The molecule has 8 nitrogen and oxygen atoms in total. The Morgan fingerprint density at radius 1 is 1.24 bits per heavy atom. The number of carbonyl (C=O) groups excluding carboxylic acids is 1. The molecule has 1 aromatic heterocycles. The molecule has 3 rings (SSSR count). The fourth-order valence-corrected chi connectivity index (χ4v) is 4.00. The SMILES string of the molecule is Cc1ccc(NC(=O)CSc2nncn2-c2cccc(Cl)c2)cc1NS(C)(=O)=O. The number of hydrogen-bond acceptors (Lipinski definition) is 6. The van der Waals surface area contributed by atoms with Gasteiger partial charge in [0.05, 0.1) is 23.4 Å². The summed E-state index contributed by atoms with van der Waals surface area (Å²) in [6.07, 6.45) is 2.62. The van der Waals surface area contributed by atoms with Crippen LogP contribution in [0.4, 0.5) is 11.4 Å². The number of hydrogen-bond donors (Lipinski definition) is 2. The highest BCUT2D eigenvalue weighted by molar-refractivity contribution is 7.99. The molecule has 0 fully saturated rings. The molecular weight excluding hydrogens is 434 g/mol. The van der Waals surface area contributed by atoms with Crippen LogP contribution in [0, 0.1) is 6.92 Å². The van der Waals surface area contributed by atoms with Crippen LogP contribution in [0.3, 0.4) is 0 Å². The van der Waals surface area contributed by atoms with Crippen molar-refractivity contribution in [2.45, 2.75) is 12.1 Å². The van der Waals surface area contributed by atoms with E-state index in [-0.39, 0.29) is 11.7 Å². The van der Waals surface area contributed by atoms with Crippen molar-refractivity contribution in [3.8, 4) is 5.69 Å². The highest BCUT2D eigenvalue weighted by atomic mass is 35.5. The van der Waals surface area contributed by atoms with E-state index in [1.807, 2.05) is 12.1 Å². The molecule has 0 aliphatic rings. The van der Waals surface area contributed by atoms with Crippen molar-refractivity contribution in [3.05, 3.63) is 59.4 Å². The first-order valence-electron chi connectivity index (χ1n) is 8.38. The van der Waals surface area contributed by atoms with Crippen molar-refractivity contribution < 1.29 is 13.2 Å². The lowest BCUT2D eigenvalue weighted by Gasteiger charge is -2.11. The van der Waals surface area contributed by atoms with Gasteiger partial charge in [-0.05, 0) is 42.8 Å². The zero-order valence-electron chi connectivity index (χ0n) is 15.6. The molecule has 0 bridgehead atoms. The average Bonchev–Trinajstić information content (AvgIpc) is 3.10. The lowest BCUT2D eigenvalue weighted by Crippen LogP contribution is -2.15. The Balaban J connectivity index is 1.66. The van der Waals surface area contributed by atoms with Gasteiger partial charge in [-0.2, -0.15) is 0 Å². The van der Waals surface area contributed by atoms with Gasteiger partial charge in [-0.25, -0.2) is 8.42 Å². The van der Waals surface area contributed by atoms with Crippen molar-refractivity contribution >= 4 is 50.7 Å². The Bertz CT molecular complexity index is 1150. The summed E-state index contributed by atoms with van der Waals surface area (Å²) in [5.41, 5.74) is 2.44. The summed E-state index contributed by atoms with van der Waals surface area (Å²) in [6.45, 7) is 1.78. The van der Waals surface area contributed by atoms with Crippen LogP contribution >= 0.6 is 23.4 Å². The molecule has 2 N–H and O–H groups in total. The summed E-state index contributed by atoms with van der Waals surface area (Å²) in [6, 6.07) is 12.2. The maximum atomic E-state index is 12.3. The van der Waals surface area contributed by atoms with Gasteiger partial charge in [-0.3, -0.25) is 14.1 Å². The molecule has 0 spiro atoms. The first kappa shape index (κ1) is 21.2. The number of thioether (sulfide) groups is 1. The molecule has 1 amide bonds. The largest absolute Gasteiger partial charge is 0.325 e. The van der Waals surface area contributed by atoms with E-state index in [2.05, 4.69) is 20.2 Å². The number of halogens is 1. The lowest BCUT2D eigenvalue weighted by atomic mass is 10.2. The second kappa shape index (κ2) is 8.85. The molecular formula is C18H18ClN5O3S2. The maximum absolute atomic E-state index is 12.3. The second-order valence-corrected chi connectivity index (χ2v) is 9.33. The van der Waals surface area contributed by atoms with E-state index in [1.54, 1.807) is 48.1 Å². The fraction of sp³-hybridized carbons (Fsp3) is 0.167. The third-order valence-electron chi connectivity index (χ3n) is 3.75. The van der Waals surface area contributed by atoms with Crippen LogP contribution in [-0.4, -0.2) is 41.1 Å². The molecule has 0 radical (unpaired) electrons. The topological polar surface area (TPSA) is 106 Å². The summed E-state index contributed by atoms with van der Waals surface area (Å²) in [4.78, 5) is 12.3. The van der Waals surface area contributed by atoms with E-state index in [9.17, 15) is 13.2 Å². The van der Waals surface area contributed by atoms with Crippen molar-refractivity contribution in [2.24, 2.45) is 0 Å². The lowest BCUT2D eigenvalue weighted by molar-refractivity contribution is -0.113. The van der Waals surface area contributed by atoms with Crippen molar-refractivity contribution in [3.63, 3.8) is 0 Å². The number of nitrogens with one attached hydrogen (secondary N) is 2. The number of aryl methyl sites for hydroxylation is 1. The van der Waals surface area contributed by atoms with E-state index in [0.717, 1.165) is 17.5 Å². The third kappa shape index (κ3) is 5.96. The summed E-state index contributed by atoms with van der Waals surface area (Å²) in [7, 11) is -3.41. The number of carbonyl (C=O) groups is 1. The Hall–Kier alpha value is -2.56. The van der Waals surface area contributed by atoms with Gasteiger partial charge in [0.15, 0.2) is 5.16 Å². The van der Waals surface area contributed by atoms with Gasteiger partial charge >= 0.3 is 0 Å². The molecule has 0 aliphatic heterocycles. The first-order chi connectivity index (χ1) is 13.7. The van der Waals surface area contributed by atoms with Gasteiger partial charge in [0, 0.05) is 10.7 Å². The standard InChI is InChI=1S/C18H18ClN5O3S2/c1-12-6-7-14(9-16(12)23-29(2,26)27)21-17(25)10-28-18-22-20-11-24(18)15-5-3-4-13(19)8-15/h3-9,11,23H,10H2,1-2H3,(H,21,25). The fourth-order valence-electron chi connectivity index (χ4n) is 2.46. The average molecular weight is 452 g/mol. The number of amides is 1. The van der Waals surface area contributed by atoms with Crippen LogP contribution in [0.25, 0.3) is 5.69 Å². The quantitative estimate of drug-likeness (QED) is 0.533. The van der Waals surface area contributed by atoms with E-state index >= 15 is 0 Å². The number of rotatable bonds is 7. The normalized spacial score (nSPS) is 11.3. The molecule has 0 saturated heterocycles. The van der Waals surface area contributed by atoms with Gasteiger partial charge < -0.3 is 5.32 Å². The van der Waals surface area contributed by atoms with Crippen molar-refractivity contribution in [2.75, 3.05) is 22.0 Å². The molecule has 2 aromatic carbocycles. The predicted molar refractivity (Wildman–Crippen MR) is 115 cm³/mol. The maximum Gasteiger partial charge on any atom is 0.234 e. The first-order valence-corrected chi connectivity index (χ1v) is 11.6. The van der Waals surface area contributed by atoms with Crippen LogP contribution in [0.2, 0.25) is 5.02 Å². The number of benzene rings is 2. The summed E-state index contributed by atoms with van der Waals surface area (Å²) in [5, 5.41) is 11.8. The molecule has 152 valence electrons. The Morgan fingerprint density at radius 2 is 2.03 bits per heavy atom. The van der Waals surface area contributed by atoms with Gasteiger partial charge in [0.1, 0.15) is 6.33 Å². The summed E-state index contributed by atoms with van der Waals surface area (Å²) < 4.78 is 27.1. The Kier molecular flexibility index (Phi) is 6.46. The van der Waals surface area contributed by atoms with E-state index < -0.39 is 10.0 Å². The summed E-state index contributed by atoms with van der Waals surface area (Å²) in [5.74, 6) is -0.160. The molecule has 0 aliphatic carbocycles. The van der Waals surface area contributed by atoms with Crippen molar-refractivity contribution in [1.82, 2.24) is 14.8 Å². The molecule has 11 heteroatoms. The minimum Gasteiger partial charge on any atom is -0.325 e. The van der Waals surface area contributed by atoms with Crippen LogP contribution in [0.5, 0.6) is 0 Å². The molecule has 3 aromatic rings. The molecule has 0 atom stereocenters. The number of sulfonamides is 1. The summed E-state index contributed by atoms with van der Waals surface area (Å²) >= 11 is 7.25. The van der Waals surface area contributed by atoms with E-state index in [0.29, 0.717) is 21.6 Å². The minimum atomic E-state index is -3.41. The van der Waals surface area contributed by atoms with E-state index in [1.165, 1.54) is 11.8 Å². The van der Waals surface area contributed by atoms with Crippen molar-refractivity contribution in [1.29, 1.82) is 0 Å². The van der Waals surface area contributed by atoms with Crippen LogP contribution in [0.1, 0.15) is 5.56 Å². The minimum absolute atomic E-state index is 0.0992. The molecule has 0 saturated carbocycles. The third-order valence-corrected chi connectivity index (χ3v) is 5.52. The highest BCUT2D eigenvalue weighted by Gasteiger charge is 2.12. The van der Waals surface area contributed by atoms with E-state index in [4.69, 9.17) is 11.6 Å². The number of nitrogens with zero attached hydrogens (tertiary/aromatic N) is 3. The van der Waals surface area contributed by atoms with Crippen LogP contribution < -0.4 is 10.0 Å². The number of aromatic nitrogens is 3. The smallest absolute Gasteiger partial charge is 0.234 e. The molecule has 29 heavy (non-hydrogen) atoms. The zero-order valence-corrected chi connectivity index (χ0v) is 18.0. The van der Waals surface area contributed by atoms with Crippen LogP contribution in [-0.2, 0) is 14.8 Å². The van der Waals surface area contributed by atoms with Gasteiger partial charge in [0.2, 0.25) is 15.9 Å². The van der Waals surface area contributed by atoms with Gasteiger partial charge in [0.25, 0.3) is 0 Å². The Morgan fingerprint density at radius 3 is 2.76 bits per heavy atom. The number of anilines is 2. The zero-order chi connectivity index (χ0) is 21.0. The monoisotopic (exact) mass is 451 g/mol. The second-order valence-electron chi connectivity index (χ2n) is 6.20. The van der Waals surface area contributed by atoms with Gasteiger partial charge in [-0.15, -0.1) is 10.2 Å². The highest BCUT2D eigenvalue weighted by Crippen LogP contribution is 2.23.